The van der Waals surface area contributed by atoms with Crippen LogP contribution < -0.4 is 4.72 Å². The Morgan fingerprint density at radius 3 is 2.28 bits per heavy atom. The quantitative estimate of drug-likeness (QED) is 0.741. The number of benzene rings is 2. The summed E-state index contributed by atoms with van der Waals surface area (Å²) in [4.78, 5) is 10.4. The molecule has 0 saturated carbocycles. The summed E-state index contributed by atoms with van der Waals surface area (Å²) in [6.07, 6.45) is -1.63. The van der Waals surface area contributed by atoms with Crippen molar-refractivity contribution in [3.63, 3.8) is 0 Å². The first-order chi connectivity index (χ1) is 11.9. The molecule has 1 heterocycles. The summed E-state index contributed by atoms with van der Waals surface area (Å²) >= 11 is 0. The number of carbonyl (C=O) groups is 1. The molecule has 0 radical (unpaired) electrons. The fraction of sp³-hybridized carbons (Fsp3) is 0.0588. The molecule has 8 heteroatoms. The van der Waals surface area contributed by atoms with Gasteiger partial charge in [0.05, 0.1) is 10.5 Å². The predicted molar refractivity (Wildman–Crippen MR) is 90.5 cm³/mol. The minimum absolute atomic E-state index is 0.144. The standard InChI is InChI=1S/C17H14N2O5S/c1-11-15(16(18-24-11)13-5-3-2-4-6-13)12-7-9-14(10-8-12)25(22,23)19-17(20)21/h2-10,19H,1H3,(H,20,21). The van der Waals surface area contributed by atoms with Gasteiger partial charge >= 0.3 is 6.09 Å². The number of amides is 1. The molecule has 3 rings (SSSR count). The molecule has 1 amide bonds. The summed E-state index contributed by atoms with van der Waals surface area (Å²) in [6, 6.07) is 15.3. The fourth-order valence-electron chi connectivity index (χ4n) is 2.48. The molecular weight excluding hydrogens is 344 g/mol. The minimum Gasteiger partial charge on any atom is -0.464 e. The van der Waals surface area contributed by atoms with Crippen LogP contribution in [0, 0.1) is 6.92 Å². The average Bonchev–Trinajstić information content (AvgIpc) is 2.96. The number of nitrogens with one attached hydrogen (secondary N) is 1. The summed E-state index contributed by atoms with van der Waals surface area (Å²) in [5.41, 5.74) is 2.99. The molecular formula is C17H14N2O5S. The molecule has 2 N–H and O–H groups in total. The minimum atomic E-state index is -4.11. The number of sulfonamides is 1. The van der Waals surface area contributed by atoms with Crippen LogP contribution in [0.4, 0.5) is 4.79 Å². The molecule has 0 atom stereocenters. The molecule has 0 fully saturated rings. The Bertz CT molecular complexity index is 1010. The Labute approximate surface area is 144 Å². The van der Waals surface area contributed by atoms with Gasteiger partial charge in [-0.3, -0.25) is 0 Å². The Morgan fingerprint density at radius 1 is 1.04 bits per heavy atom. The third kappa shape index (κ3) is 3.38. The zero-order valence-electron chi connectivity index (χ0n) is 13.1. The van der Waals surface area contributed by atoms with E-state index in [4.69, 9.17) is 9.63 Å². The van der Waals surface area contributed by atoms with Crippen LogP contribution in [0.15, 0.2) is 64.0 Å². The molecule has 128 valence electrons. The third-order valence-electron chi connectivity index (χ3n) is 3.58. The summed E-state index contributed by atoms with van der Waals surface area (Å²) in [5.74, 6) is 0.595. The lowest BCUT2D eigenvalue weighted by Gasteiger charge is -2.06. The van der Waals surface area contributed by atoms with E-state index in [9.17, 15) is 13.2 Å². The summed E-state index contributed by atoms with van der Waals surface area (Å²) in [6.45, 7) is 1.77. The Balaban J connectivity index is 2.02. The van der Waals surface area contributed by atoms with Crippen molar-refractivity contribution in [2.45, 2.75) is 11.8 Å². The second-order valence-corrected chi connectivity index (χ2v) is 6.95. The first-order valence-corrected chi connectivity index (χ1v) is 8.74. The van der Waals surface area contributed by atoms with E-state index in [1.807, 2.05) is 30.3 Å². The van der Waals surface area contributed by atoms with Crippen molar-refractivity contribution in [1.82, 2.24) is 9.88 Å². The van der Waals surface area contributed by atoms with E-state index < -0.39 is 16.1 Å². The molecule has 1 aromatic heterocycles. The highest BCUT2D eigenvalue weighted by Gasteiger charge is 2.19. The van der Waals surface area contributed by atoms with Gasteiger partial charge in [-0.05, 0) is 24.6 Å². The van der Waals surface area contributed by atoms with E-state index in [0.717, 1.165) is 11.1 Å². The number of rotatable bonds is 4. The van der Waals surface area contributed by atoms with Gasteiger partial charge < -0.3 is 9.63 Å². The van der Waals surface area contributed by atoms with E-state index in [1.165, 1.54) is 16.9 Å². The number of carboxylic acid groups (broad SMARTS) is 1. The average molecular weight is 358 g/mol. The molecule has 0 spiro atoms. The monoisotopic (exact) mass is 358 g/mol. The van der Waals surface area contributed by atoms with E-state index >= 15 is 0 Å². The van der Waals surface area contributed by atoms with Gasteiger partial charge in [-0.2, -0.15) is 0 Å². The van der Waals surface area contributed by atoms with Crippen LogP contribution in [0.2, 0.25) is 0 Å². The molecule has 0 aliphatic heterocycles. The van der Waals surface area contributed by atoms with Crippen LogP contribution in [0.25, 0.3) is 22.4 Å². The predicted octanol–water partition coefficient (Wildman–Crippen LogP) is 3.27. The van der Waals surface area contributed by atoms with Gasteiger partial charge in [-0.1, -0.05) is 47.6 Å². The number of hydrogen-bond donors (Lipinski definition) is 2. The highest BCUT2D eigenvalue weighted by molar-refractivity contribution is 7.90. The molecule has 0 bridgehead atoms. The fourth-order valence-corrected chi connectivity index (χ4v) is 3.32. The summed E-state index contributed by atoms with van der Waals surface area (Å²) in [5, 5.41) is 12.7. The zero-order chi connectivity index (χ0) is 18.0. The lowest BCUT2D eigenvalue weighted by atomic mass is 10.00. The zero-order valence-corrected chi connectivity index (χ0v) is 13.9. The van der Waals surface area contributed by atoms with E-state index in [2.05, 4.69) is 5.16 Å². The Hall–Kier alpha value is -3.13. The van der Waals surface area contributed by atoms with Gasteiger partial charge in [0.15, 0.2) is 0 Å². The molecule has 2 aromatic carbocycles. The molecule has 7 nitrogen and oxygen atoms in total. The molecule has 0 aliphatic rings. The van der Waals surface area contributed by atoms with Crippen molar-refractivity contribution in [3.05, 3.63) is 60.4 Å². The second-order valence-electron chi connectivity index (χ2n) is 5.26. The van der Waals surface area contributed by atoms with Gasteiger partial charge in [0.25, 0.3) is 10.0 Å². The first-order valence-electron chi connectivity index (χ1n) is 7.26. The van der Waals surface area contributed by atoms with Crippen molar-refractivity contribution in [3.8, 4) is 22.4 Å². The van der Waals surface area contributed by atoms with Crippen LogP contribution in [0.3, 0.4) is 0 Å². The highest BCUT2D eigenvalue weighted by atomic mass is 32.2. The van der Waals surface area contributed by atoms with E-state index in [-0.39, 0.29) is 4.90 Å². The second kappa shape index (κ2) is 6.40. The lowest BCUT2D eigenvalue weighted by molar-refractivity contribution is 0.201. The first kappa shape index (κ1) is 16.7. The maximum atomic E-state index is 11.9. The van der Waals surface area contributed by atoms with Gasteiger partial charge in [0.2, 0.25) is 0 Å². The van der Waals surface area contributed by atoms with Crippen LogP contribution in [-0.2, 0) is 10.0 Å². The van der Waals surface area contributed by atoms with Crippen LogP contribution in [0.1, 0.15) is 5.76 Å². The lowest BCUT2D eigenvalue weighted by Crippen LogP contribution is -2.28. The summed E-state index contributed by atoms with van der Waals surface area (Å²) < 4.78 is 30.5. The van der Waals surface area contributed by atoms with Crippen molar-refractivity contribution in [2.24, 2.45) is 0 Å². The molecule has 0 aliphatic carbocycles. The van der Waals surface area contributed by atoms with Crippen LogP contribution >= 0.6 is 0 Å². The van der Waals surface area contributed by atoms with E-state index in [1.54, 1.807) is 19.1 Å². The normalized spacial score (nSPS) is 11.2. The Kier molecular flexibility index (Phi) is 4.28. The maximum Gasteiger partial charge on any atom is 0.418 e. The smallest absolute Gasteiger partial charge is 0.418 e. The largest absolute Gasteiger partial charge is 0.464 e. The molecule has 0 unspecified atom stereocenters. The maximum absolute atomic E-state index is 11.9. The number of nitrogens with zero attached hydrogens (tertiary/aromatic N) is 1. The van der Waals surface area contributed by atoms with Crippen molar-refractivity contribution in [2.75, 3.05) is 0 Å². The summed E-state index contributed by atoms with van der Waals surface area (Å²) in [7, 11) is -4.11. The molecule has 3 aromatic rings. The van der Waals surface area contributed by atoms with Gasteiger partial charge in [0, 0.05) is 5.56 Å². The number of hydrogen-bond acceptors (Lipinski definition) is 5. The topological polar surface area (TPSA) is 110 Å². The van der Waals surface area contributed by atoms with Crippen molar-refractivity contribution < 1.29 is 22.8 Å². The van der Waals surface area contributed by atoms with Gasteiger partial charge in [0.1, 0.15) is 11.5 Å². The van der Waals surface area contributed by atoms with Crippen molar-refractivity contribution in [1.29, 1.82) is 0 Å². The highest BCUT2D eigenvalue weighted by Crippen LogP contribution is 2.34. The molecule has 25 heavy (non-hydrogen) atoms. The van der Waals surface area contributed by atoms with E-state index in [0.29, 0.717) is 17.0 Å². The third-order valence-corrected chi connectivity index (χ3v) is 4.92. The number of aryl methyl sites for hydroxylation is 1. The van der Waals surface area contributed by atoms with Crippen LogP contribution in [-0.4, -0.2) is 24.8 Å². The number of aromatic nitrogens is 1. The van der Waals surface area contributed by atoms with Gasteiger partial charge in [-0.15, -0.1) is 0 Å². The van der Waals surface area contributed by atoms with Crippen LogP contribution in [0.5, 0.6) is 0 Å². The SMILES string of the molecule is Cc1onc(-c2ccccc2)c1-c1ccc(S(=O)(=O)NC(=O)O)cc1. The Morgan fingerprint density at radius 2 is 1.68 bits per heavy atom. The van der Waals surface area contributed by atoms with Gasteiger partial charge in [-0.25, -0.2) is 17.9 Å². The molecule has 0 saturated heterocycles. The van der Waals surface area contributed by atoms with Crippen molar-refractivity contribution >= 4 is 16.1 Å².